The zero-order chi connectivity index (χ0) is 15.6. The lowest BCUT2D eigenvalue weighted by atomic mass is 10.1. The van der Waals surface area contributed by atoms with E-state index in [1.165, 1.54) is 4.90 Å². The van der Waals surface area contributed by atoms with Crippen molar-refractivity contribution in [3.63, 3.8) is 0 Å². The number of carbonyl (C=O) groups is 1. The molecule has 1 amide bonds. The molecule has 1 atom stereocenters. The molecule has 112 valence electrons. The average molecular weight is 287 g/mol. The highest BCUT2D eigenvalue weighted by Crippen LogP contribution is 2.37. The topological polar surface area (TPSA) is 67.6 Å². The number of hydrogen-bond donors (Lipinski definition) is 1. The van der Waals surface area contributed by atoms with Crippen LogP contribution in [0.15, 0.2) is 18.2 Å². The Kier molecular flexibility index (Phi) is 4.49. The highest BCUT2D eigenvalue weighted by Gasteiger charge is 2.33. The van der Waals surface area contributed by atoms with E-state index in [-0.39, 0.29) is 5.91 Å². The molecule has 0 fully saturated rings. The molecular weight excluding hydrogens is 266 g/mol. The third kappa shape index (κ3) is 3.01. The maximum absolute atomic E-state index is 11.8. The minimum Gasteiger partial charge on any atom is -0.378 e. The van der Waals surface area contributed by atoms with E-state index in [2.05, 4.69) is 24.8 Å². The maximum atomic E-state index is 11.8. The monoisotopic (exact) mass is 287 g/mol. The van der Waals surface area contributed by atoms with Gasteiger partial charge < -0.3 is 14.9 Å². The second-order valence-corrected chi connectivity index (χ2v) is 5.79. The number of rotatable bonds is 5. The summed E-state index contributed by atoms with van der Waals surface area (Å²) in [5.74, 6) is 0.177. The van der Waals surface area contributed by atoms with Gasteiger partial charge in [0.15, 0.2) is 6.10 Å². The standard InChI is InChI=1S/C16H21N3O2/c1-11(2)10-19(8-4-7-17)12-5-6-13-14(9-12)18(3)16(21)15(13)20/h5-6,9,11,15,20H,4,8,10H2,1-3H3. The van der Waals surface area contributed by atoms with Crippen molar-refractivity contribution < 1.29 is 9.90 Å². The lowest BCUT2D eigenvalue weighted by Crippen LogP contribution is -2.28. The van der Waals surface area contributed by atoms with E-state index in [1.807, 2.05) is 12.1 Å². The molecule has 0 aliphatic carbocycles. The molecule has 1 aromatic rings. The molecule has 1 heterocycles. The van der Waals surface area contributed by atoms with Crippen molar-refractivity contribution in [2.24, 2.45) is 5.92 Å². The first kappa shape index (κ1) is 15.3. The van der Waals surface area contributed by atoms with Crippen LogP contribution in [0.3, 0.4) is 0 Å². The van der Waals surface area contributed by atoms with Gasteiger partial charge >= 0.3 is 0 Å². The lowest BCUT2D eigenvalue weighted by molar-refractivity contribution is -0.125. The number of aliphatic hydroxyl groups excluding tert-OH is 1. The number of fused-ring (bicyclic) bond motifs is 1. The van der Waals surface area contributed by atoms with Crippen LogP contribution in [-0.2, 0) is 4.79 Å². The van der Waals surface area contributed by atoms with Crippen molar-refractivity contribution in [2.45, 2.75) is 26.4 Å². The molecule has 2 rings (SSSR count). The number of hydrogen-bond acceptors (Lipinski definition) is 4. The summed E-state index contributed by atoms with van der Waals surface area (Å²) in [5, 5.41) is 18.7. The maximum Gasteiger partial charge on any atom is 0.260 e. The van der Waals surface area contributed by atoms with E-state index < -0.39 is 6.10 Å². The molecular formula is C16H21N3O2. The number of benzene rings is 1. The van der Waals surface area contributed by atoms with Crippen LogP contribution in [0, 0.1) is 17.2 Å². The molecule has 0 radical (unpaired) electrons. The van der Waals surface area contributed by atoms with Crippen LogP contribution in [0.1, 0.15) is 31.9 Å². The van der Waals surface area contributed by atoms with Gasteiger partial charge in [0.2, 0.25) is 0 Å². The van der Waals surface area contributed by atoms with E-state index in [1.54, 1.807) is 13.1 Å². The van der Waals surface area contributed by atoms with Gasteiger partial charge in [0.1, 0.15) is 0 Å². The van der Waals surface area contributed by atoms with Gasteiger partial charge in [0.05, 0.1) is 18.2 Å². The van der Waals surface area contributed by atoms with E-state index in [4.69, 9.17) is 5.26 Å². The third-order valence-electron chi connectivity index (χ3n) is 3.68. The third-order valence-corrected chi connectivity index (χ3v) is 3.68. The summed E-state index contributed by atoms with van der Waals surface area (Å²) < 4.78 is 0. The Hall–Kier alpha value is -2.06. The van der Waals surface area contributed by atoms with Gasteiger partial charge in [-0.05, 0) is 18.1 Å². The zero-order valence-electron chi connectivity index (χ0n) is 12.7. The van der Waals surface area contributed by atoms with E-state index in [0.29, 0.717) is 24.4 Å². The molecule has 5 heteroatoms. The first-order chi connectivity index (χ1) is 9.95. The van der Waals surface area contributed by atoms with Crippen LogP contribution in [0.4, 0.5) is 11.4 Å². The Morgan fingerprint density at radius 1 is 1.48 bits per heavy atom. The summed E-state index contributed by atoms with van der Waals surface area (Å²) in [6.07, 6.45) is -0.599. The summed E-state index contributed by atoms with van der Waals surface area (Å²) in [6, 6.07) is 7.80. The van der Waals surface area contributed by atoms with Gasteiger partial charge in [-0.3, -0.25) is 4.79 Å². The van der Waals surface area contributed by atoms with Gasteiger partial charge in [-0.15, -0.1) is 0 Å². The van der Waals surface area contributed by atoms with Crippen LogP contribution in [0.5, 0.6) is 0 Å². The molecule has 21 heavy (non-hydrogen) atoms. The molecule has 0 saturated carbocycles. The van der Waals surface area contributed by atoms with Gasteiger partial charge in [-0.1, -0.05) is 19.9 Å². The molecule has 0 bridgehead atoms. The van der Waals surface area contributed by atoms with Crippen LogP contribution in [0.25, 0.3) is 0 Å². The molecule has 1 aliphatic rings. The molecule has 1 aliphatic heterocycles. The number of nitrogens with zero attached hydrogens (tertiary/aromatic N) is 3. The van der Waals surface area contributed by atoms with E-state index >= 15 is 0 Å². The van der Waals surface area contributed by atoms with Crippen LogP contribution in [0.2, 0.25) is 0 Å². The fraction of sp³-hybridized carbons (Fsp3) is 0.500. The van der Waals surface area contributed by atoms with Gasteiger partial charge in [-0.25, -0.2) is 0 Å². The normalized spacial score (nSPS) is 17.0. The summed E-state index contributed by atoms with van der Waals surface area (Å²) in [7, 11) is 1.67. The van der Waals surface area contributed by atoms with E-state index in [0.717, 1.165) is 17.9 Å². The number of nitriles is 1. The first-order valence-electron chi connectivity index (χ1n) is 7.17. The highest BCUT2D eigenvalue weighted by atomic mass is 16.3. The van der Waals surface area contributed by atoms with Crippen molar-refractivity contribution in [3.8, 4) is 6.07 Å². The van der Waals surface area contributed by atoms with Crippen molar-refractivity contribution in [1.29, 1.82) is 5.26 Å². The van der Waals surface area contributed by atoms with Gasteiger partial charge in [0, 0.05) is 31.4 Å². The molecule has 0 spiro atoms. The predicted octanol–water partition coefficient (Wildman–Crippen LogP) is 2.07. The number of anilines is 2. The lowest BCUT2D eigenvalue weighted by Gasteiger charge is -2.26. The molecule has 0 aromatic heterocycles. The molecule has 0 saturated heterocycles. The summed E-state index contributed by atoms with van der Waals surface area (Å²) >= 11 is 0. The van der Waals surface area contributed by atoms with Crippen molar-refractivity contribution in [3.05, 3.63) is 23.8 Å². The number of aliphatic hydroxyl groups is 1. The number of amides is 1. The summed E-state index contributed by atoms with van der Waals surface area (Å²) in [6.45, 7) is 5.77. The average Bonchev–Trinajstić information content (AvgIpc) is 2.67. The summed E-state index contributed by atoms with van der Waals surface area (Å²) in [5.41, 5.74) is 2.37. The van der Waals surface area contributed by atoms with Crippen LogP contribution in [-0.4, -0.2) is 31.2 Å². The van der Waals surface area contributed by atoms with Crippen molar-refractivity contribution >= 4 is 17.3 Å². The quantitative estimate of drug-likeness (QED) is 0.900. The zero-order valence-corrected chi connectivity index (χ0v) is 12.7. The highest BCUT2D eigenvalue weighted by molar-refractivity contribution is 6.03. The smallest absolute Gasteiger partial charge is 0.260 e. The van der Waals surface area contributed by atoms with Gasteiger partial charge in [-0.2, -0.15) is 5.26 Å². The summed E-state index contributed by atoms with van der Waals surface area (Å²) in [4.78, 5) is 15.4. The molecule has 5 nitrogen and oxygen atoms in total. The predicted molar refractivity (Wildman–Crippen MR) is 82.1 cm³/mol. The largest absolute Gasteiger partial charge is 0.378 e. The minimum atomic E-state index is -1.06. The number of carbonyl (C=O) groups excluding carboxylic acids is 1. The fourth-order valence-electron chi connectivity index (χ4n) is 2.64. The SMILES string of the molecule is CC(C)CN(CCC#N)c1ccc2c(c1)N(C)C(=O)C2O. The van der Waals surface area contributed by atoms with Crippen molar-refractivity contribution in [1.82, 2.24) is 0 Å². The molecule has 1 N–H and O–H groups in total. The Bertz CT molecular complexity index is 577. The fourth-order valence-corrected chi connectivity index (χ4v) is 2.64. The van der Waals surface area contributed by atoms with Gasteiger partial charge in [0.25, 0.3) is 5.91 Å². The second kappa shape index (κ2) is 6.15. The minimum absolute atomic E-state index is 0.297. The second-order valence-electron chi connectivity index (χ2n) is 5.79. The van der Waals surface area contributed by atoms with E-state index in [9.17, 15) is 9.90 Å². The Labute approximate surface area is 125 Å². The Balaban J connectivity index is 2.31. The number of likely N-dealkylation sites (N-methyl/N-ethyl adjacent to an activating group) is 1. The van der Waals surface area contributed by atoms with Crippen LogP contribution >= 0.6 is 0 Å². The van der Waals surface area contributed by atoms with Crippen molar-refractivity contribution in [2.75, 3.05) is 29.9 Å². The molecule has 1 unspecified atom stereocenters. The Morgan fingerprint density at radius 3 is 2.81 bits per heavy atom. The molecule has 1 aromatic carbocycles. The first-order valence-corrected chi connectivity index (χ1v) is 7.17. The van der Waals surface area contributed by atoms with Crippen LogP contribution < -0.4 is 9.80 Å². The Morgan fingerprint density at radius 2 is 2.19 bits per heavy atom.